The minimum absolute atomic E-state index is 0.0885. The predicted octanol–water partition coefficient (Wildman–Crippen LogP) is 1.43. The van der Waals surface area contributed by atoms with Crippen molar-refractivity contribution in [3.05, 3.63) is 52.3 Å². The highest BCUT2D eigenvalue weighted by Gasteiger charge is 2.09. The summed E-state index contributed by atoms with van der Waals surface area (Å²) in [6.07, 6.45) is 2.48. The van der Waals surface area contributed by atoms with Crippen molar-refractivity contribution in [2.45, 2.75) is 19.9 Å². The lowest BCUT2D eigenvalue weighted by molar-refractivity contribution is -0.385. The van der Waals surface area contributed by atoms with Crippen LogP contribution in [-0.4, -0.2) is 31.4 Å². The fourth-order valence-electron chi connectivity index (χ4n) is 1.75. The first kappa shape index (κ1) is 16.1. The summed E-state index contributed by atoms with van der Waals surface area (Å²) in [4.78, 5) is 21.7. The minimum atomic E-state index is -0.547. The molecule has 0 radical (unpaired) electrons. The van der Waals surface area contributed by atoms with Crippen LogP contribution in [0.2, 0.25) is 0 Å². The molecule has 0 aliphatic heterocycles. The molecule has 0 fully saturated rings. The monoisotopic (exact) mass is 317 g/mol. The number of carbonyl (C=O) groups excluding carboxylic acids is 1. The van der Waals surface area contributed by atoms with Crippen molar-refractivity contribution in [3.8, 4) is 5.75 Å². The van der Waals surface area contributed by atoms with Crippen LogP contribution in [-0.2, 0) is 11.3 Å². The van der Waals surface area contributed by atoms with Gasteiger partial charge in [-0.2, -0.15) is 10.2 Å². The average Bonchev–Trinajstić information content (AvgIpc) is 3.00. The summed E-state index contributed by atoms with van der Waals surface area (Å²) < 4.78 is 1.33. The van der Waals surface area contributed by atoms with Gasteiger partial charge in [0.25, 0.3) is 0 Å². The van der Waals surface area contributed by atoms with Crippen LogP contribution in [0.5, 0.6) is 5.75 Å². The van der Waals surface area contributed by atoms with E-state index in [-0.39, 0.29) is 30.3 Å². The van der Waals surface area contributed by atoms with E-state index in [1.54, 1.807) is 19.1 Å². The molecule has 0 bridgehead atoms. The Morgan fingerprint density at radius 1 is 1.43 bits per heavy atom. The van der Waals surface area contributed by atoms with Gasteiger partial charge in [-0.25, -0.2) is 5.43 Å². The topological polar surface area (TPSA) is 123 Å². The summed E-state index contributed by atoms with van der Waals surface area (Å²) in [6, 6.07) is 6.42. The average molecular weight is 317 g/mol. The van der Waals surface area contributed by atoms with Gasteiger partial charge in [-0.1, -0.05) is 0 Å². The van der Waals surface area contributed by atoms with Gasteiger partial charge in [0, 0.05) is 6.42 Å². The van der Waals surface area contributed by atoms with Gasteiger partial charge in [0.2, 0.25) is 5.91 Å². The largest absolute Gasteiger partial charge is 0.508 e. The summed E-state index contributed by atoms with van der Waals surface area (Å²) in [6.45, 7) is 1.94. The Morgan fingerprint density at radius 3 is 2.74 bits per heavy atom. The van der Waals surface area contributed by atoms with Gasteiger partial charge in [0.05, 0.1) is 17.2 Å². The number of phenols is 1. The van der Waals surface area contributed by atoms with Crippen LogP contribution in [0.1, 0.15) is 18.9 Å². The zero-order valence-electron chi connectivity index (χ0n) is 12.3. The molecule has 0 aliphatic carbocycles. The first-order valence-corrected chi connectivity index (χ1v) is 6.75. The maximum Gasteiger partial charge on any atom is 0.306 e. The fourth-order valence-corrected chi connectivity index (χ4v) is 1.75. The highest BCUT2D eigenvalue weighted by atomic mass is 16.6. The molecule has 0 aliphatic rings. The van der Waals surface area contributed by atoms with Crippen molar-refractivity contribution in [1.29, 1.82) is 0 Å². The normalized spacial score (nSPS) is 11.3. The molecule has 2 aromatic rings. The Hall–Kier alpha value is -3.23. The van der Waals surface area contributed by atoms with Crippen molar-refractivity contribution in [1.82, 2.24) is 15.2 Å². The van der Waals surface area contributed by atoms with E-state index in [1.807, 2.05) is 0 Å². The molecular weight excluding hydrogens is 302 g/mol. The lowest BCUT2D eigenvalue weighted by Crippen LogP contribution is -2.20. The molecule has 9 nitrogen and oxygen atoms in total. The summed E-state index contributed by atoms with van der Waals surface area (Å²) >= 11 is 0. The third-order valence-corrected chi connectivity index (χ3v) is 3.03. The Labute approximate surface area is 131 Å². The van der Waals surface area contributed by atoms with Crippen LogP contribution in [0.15, 0.2) is 41.8 Å². The summed E-state index contributed by atoms with van der Waals surface area (Å²) in [5.74, 6) is -0.180. The molecule has 1 aromatic carbocycles. The first-order chi connectivity index (χ1) is 11.0. The van der Waals surface area contributed by atoms with E-state index >= 15 is 0 Å². The molecule has 120 valence electrons. The quantitative estimate of drug-likeness (QED) is 0.474. The molecular formula is C14H15N5O4. The zero-order valence-corrected chi connectivity index (χ0v) is 12.3. The van der Waals surface area contributed by atoms with Crippen molar-refractivity contribution in [2.75, 3.05) is 0 Å². The smallest absolute Gasteiger partial charge is 0.306 e. The molecule has 0 atom stereocenters. The second kappa shape index (κ2) is 7.16. The lowest BCUT2D eigenvalue weighted by atomic mass is 10.1. The third-order valence-electron chi connectivity index (χ3n) is 3.03. The van der Waals surface area contributed by atoms with Gasteiger partial charge in [0.1, 0.15) is 18.1 Å². The number of hydrogen-bond acceptors (Lipinski definition) is 6. The molecule has 1 amide bonds. The van der Waals surface area contributed by atoms with Crippen molar-refractivity contribution in [3.63, 3.8) is 0 Å². The maximum absolute atomic E-state index is 11.7. The molecule has 0 saturated carbocycles. The fraction of sp³-hybridized carbons (Fsp3) is 0.214. The van der Waals surface area contributed by atoms with Crippen LogP contribution in [0, 0.1) is 10.1 Å². The maximum atomic E-state index is 11.7. The van der Waals surface area contributed by atoms with Gasteiger partial charge in [0.15, 0.2) is 0 Å². The molecule has 0 saturated heterocycles. The minimum Gasteiger partial charge on any atom is -0.508 e. The second-order valence-electron chi connectivity index (χ2n) is 4.75. The highest BCUT2D eigenvalue weighted by Crippen LogP contribution is 2.10. The first-order valence-electron chi connectivity index (χ1n) is 6.75. The van der Waals surface area contributed by atoms with E-state index in [1.165, 1.54) is 23.0 Å². The van der Waals surface area contributed by atoms with Gasteiger partial charge in [-0.05, 0) is 36.8 Å². The van der Waals surface area contributed by atoms with E-state index in [9.17, 15) is 20.0 Å². The van der Waals surface area contributed by atoms with Crippen molar-refractivity contribution >= 4 is 17.3 Å². The summed E-state index contributed by atoms with van der Waals surface area (Å²) in [5, 5.41) is 27.5. The van der Waals surface area contributed by atoms with Crippen LogP contribution in [0.25, 0.3) is 0 Å². The van der Waals surface area contributed by atoms with E-state index in [0.717, 1.165) is 11.8 Å². The van der Waals surface area contributed by atoms with E-state index in [2.05, 4.69) is 15.6 Å². The third kappa shape index (κ3) is 4.63. The number of phenolic OH excluding ortho intramolecular Hbond substituents is 1. The Bertz CT molecular complexity index is 736. The second-order valence-corrected chi connectivity index (χ2v) is 4.75. The van der Waals surface area contributed by atoms with Gasteiger partial charge < -0.3 is 5.11 Å². The van der Waals surface area contributed by atoms with Gasteiger partial charge in [-0.15, -0.1) is 0 Å². The molecule has 1 aromatic heterocycles. The number of aromatic nitrogens is 2. The van der Waals surface area contributed by atoms with Crippen LogP contribution in [0.3, 0.4) is 0 Å². The Balaban J connectivity index is 1.85. The number of benzene rings is 1. The Morgan fingerprint density at radius 2 is 2.13 bits per heavy atom. The van der Waals surface area contributed by atoms with Gasteiger partial charge >= 0.3 is 5.69 Å². The van der Waals surface area contributed by atoms with Crippen LogP contribution in [0.4, 0.5) is 5.69 Å². The Kier molecular flexibility index (Phi) is 5.03. The molecule has 0 spiro atoms. The molecule has 23 heavy (non-hydrogen) atoms. The molecule has 2 rings (SSSR count). The molecule has 1 heterocycles. The van der Waals surface area contributed by atoms with E-state index in [4.69, 9.17) is 0 Å². The van der Waals surface area contributed by atoms with E-state index < -0.39 is 4.92 Å². The standard InChI is InChI=1S/C14H15N5O4/c1-10(11-2-4-13(20)5-3-11)16-17-14(21)6-7-18-9-12(8-15-18)19(22)23/h2-5,8-9,20H,6-7H2,1H3,(H,17,21)/b16-10+. The van der Waals surface area contributed by atoms with Crippen molar-refractivity contribution < 1.29 is 14.8 Å². The number of carbonyl (C=O) groups is 1. The number of amides is 1. The van der Waals surface area contributed by atoms with Crippen LogP contribution >= 0.6 is 0 Å². The number of aryl methyl sites for hydroxylation is 1. The molecule has 0 unspecified atom stereocenters. The summed E-state index contributed by atoms with van der Waals surface area (Å²) in [5.41, 5.74) is 3.65. The number of nitrogens with one attached hydrogen (secondary N) is 1. The number of hydrogen-bond donors (Lipinski definition) is 2. The predicted molar refractivity (Wildman–Crippen MR) is 82.0 cm³/mol. The number of aromatic hydroxyl groups is 1. The number of hydrazone groups is 1. The summed E-state index contributed by atoms with van der Waals surface area (Å²) in [7, 11) is 0. The van der Waals surface area contributed by atoms with Crippen LogP contribution < -0.4 is 5.43 Å². The van der Waals surface area contributed by atoms with E-state index in [0.29, 0.717) is 5.71 Å². The number of nitro groups is 1. The number of rotatable bonds is 6. The molecule has 9 heteroatoms. The van der Waals surface area contributed by atoms with Crippen molar-refractivity contribution in [2.24, 2.45) is 5.10 Å². The molecule has 2 N–H and O–H groups in total. The zero-order chi connectivity index (χ0) is 16.8. The van der Waals surface area contributed by atoms with Gasteiger partial charge in [-0.3, -0.25) is 19.6 Å². The lowest BCUT2D eigenvalue weighted by Gasteiger charge is -2.03. The SMILES string of the molecule is C/C(=N\NC(=O)CCn1cc([N+](=O)[O-])cn1)c1ccc(O)cc1. The number of nitrogens with zero attached hydrogens (tertiary/aromatic N) is 4. The highest BCUT2D eigenvalue weighted by molar-refractivity contribution is 5.99.